The van der Waals surface area contributed by atoms with Crippen LogP contribution in [0.4, 0.5) is 0 Å². The average molecular weight is 389 g/mol. The highest BCUT2D eigenvalue weighted by molar-refractivity contribution is 5.94. The van der Waals surface area contributed by atoms with E-state index in [1.54, 1.807) is 23.4 Å². The summed E-state index contributed by atoms with van der Waals surface area (Å²) in [6.45, 7) is 1.56. The Morgan fingerprint density at radius 2 is 2.03 bits per heavy atom. The Kier molecular flexibility index (Phi) is 5.65. The molecule has 1 aliphatic rings. The first-order valence-corrected chi connectivity index (χ1v) is 9.77. The highest BCUT2D eigenvalue weighted by Gasteiger charge is 2.29. The van der Waals surface area contributed by atoms with Gasteiger partial charge in [0.05, 0.1) is 11.6 Å². The Bertz CT molecular complexity index is 971. The molecule has 1 saturated heterocycles. The normalized spacial score (nSPS) is 16.4. The first kappa shape index (κ1) is 18.9. The van der Waals surface area contributed by atoms with Crippen molar-refractivity contribution in [1.82, 2.24) is 25.4 Å². The average Bonchev–Trinajstić information content (AvgIpc) is 3.29. The van der Waals surface area contributed by atoms with Gasteiger partial charge in [0, 0.05) is 37.6 Å². The molecule has 0 aliphatic carbocycles. The molecular formula is C22H23N5O2. The van der Waals surface area contributed by atoms with Crippen LogP contribution in [0.2, 0.25) is 0 Å². The minimum absolute atomic E-state index is 0.00740. The first-order chi connectivity index (χ1) is 14.2. The summed E-state index contributed by atoms with van der Waals surface area (Å²) in [6, 6.07) is 15.3. The third-order valence-corrected chi connectivity index (χ3v) is 5.15. The third kappa shape index (κ3) is 4.51. The zero-order chi connectivity index (χ0) is 20.1. The molecule has 0 bridgehead atoms. The van der Waals surface area contributed by atoms with Gasteiger partial charge in [0.1, 0.15) is 5.69 Å². The van der Waals surface area contributed by atoms with E-state index >= 15 is 0 Å². The molecule has 29 heavy (non-hydrogen) atoms. The van der Waals surface area contributed by atoms with Gasteiger partial charge in [-0.15, -0.1) is 0 Å². The smallest absolute Gasteiger partial charge is 0.271 e. The second-order valence-electron chi connectivity index (χ2n) is 7.20. The van der Waals surface area contributed by atoms with E-state index in [1.807, 2.05) is 42.5 Å². The summed E-state index contributed by atoms with van der Waals surface area (Å²) in [6.07, 6.45) is 4.99. The van der Waals surface area contributed by atoms with Crippen molar-refractivity contribution in [3.8, 4) is 11.3 Å². The molecule has 3 aromatic rings. The number of hydrogen-bond acceptors (Lipinski definition) is 4. The van der Waals surface area contributed by atoms with Crippen LogP contribution in [0.5, 0.6) is 0 Å². The maximum absolute atomic E-state index is 12.9. The first-order valence-electron chi connectivity index (χ1n) is 9.77. The molecule has 0 unspecified atom stereocenters. The number of nitrogens with one attached hydrogen (secondary N) is 2. The van der Waals surface area contributed by atoms with Gasteiger partial charge in [-0.3, -0.25) is 19.7 Å². The molecular weight excluding hydrogens is 366 g/mol. The zero-order valence-corrected chi connectivity index (χ0v) is 16.0. The summed E-state index contributed by atoms with van der Waals surface area (Å²) in [7, 11) is 0. The minimum Gasteiger partial charge on any atom is -0.352 e. The largest absolute Gasteiger partial charge is 0.352 e. The van der Waals surface area contributed by atoms with E-state index in [0.29, 0.717) is 31.0 Å². The van der Waals surface area contributed by atoms with Crippen LogP contribution in [0, 0.1) is 5.92 Å². The number of amides is 2. The number of carbonyl (C=O) groups is 2. The summed E-state index contributed by atoms with van der Waals surface area (Å²) in [5, 5.41) is 10.0. The van der Waals surface area contributed by atoms with Crippen molar-refractivity contribution in [3.63, 3.8) is 0 Å². The number of rotatable bonds is 5. The molecule has 148 valence electrons. The van der Waals surface area contributed by atoms with Gasteiger partial charge >= 0.3 is 0 Å². The Morgan fingerprint density at radius 1 is 1.17 bits per heavy atom. The van der Waals surface area contributed by atoms with E-state index in [0.717, 1.165) is 24.0 Å². The Hall–Kier alpha value is -3.48. The lowest BCUT2D eigenvalue weighted by atomic mass is 9.96. The van der Waals surface area contributed by atoms with Gasteiger partial charge in [0.15, 0.2) is 0 Å². The molecule has 0 saturated carbocycles. The van der Waals surface area contributed by atoms with Gasteiger partial charge in [0.25, 0.3) is 5.91 Å². The van der Waals surface area contributed by atoms with E-state index in [-0.39, 0.29) is 17.7 Å². The highest BCUT2D eigenvalue weighted by Crippen LogP contribution is 2.21. The monoisotopic (exact) mass is 389 g/mol. The number of aromatic nitrogens is 3. The van der Waals surface area contributed by atoms with Gasteiger partial charge in [-0.1, -0.05) is 30.3 Å². The van der Waals surface area contributed by atoms with E-state index in [2.05, 4.69) is 20.5 Å². The predicted octanol–water partition coefficient (Wildman–Crippen LogP) is 2.64. The summed E-state index contributed by atoms with van der Waals surface area (Å²) >= 11 is 0. The Balaban J connectivity index is 1.37. The van der Waals surface area contributed by atoms with Gasteiger partial charge in [-0.05, 0) is 36.6 Å². The summed E-state index contributed by atoms with van der Waals surface area (Å²) in [5.74, 6) is -0.336. The number of carbonyl (C=O) groups excluding carboxylic acids is 2. The van der Waals surface area contributed by atoms with Gasteiger partial charge in [-0.2, -0.15) is 5.10 Å². The standard InChI is InChI=1S/C22H23N5O2/c28-21(24-13-16-6-2-1-3-7-16)18-9-5-11-27(15-18)22(29)20-12-19(25-26-20)17-8-4-10-23-14-17/h1-4,6-8,10,12,14,18H,5,9,11,13,15H2,(H,24,28)(H,25,26)/t18-/m0/s1. The molecule has 1 aliphatic heterocycles. The molecule has 4 rings (SSSR count). The fourth-order valence-corrected chi connectivity index (χ4v) is 3.57. The van der Waals surface area contributed by atoms with Crippen LogP contribution in [0.25, 0.3) is 11.3 Å². The third-order valence-electron chi connectivity index (χ3n) is 5.15. The molecule has 0 radical (unpaired) electrons. The highest BCUT2D eigenvalue weighted by atomic mass is 16.2. The number of aromatic amines is 1. The SMILES string of the molecule is O=C(NCc1ccccc1)[C@H]1CCCN(C(=O)c2cc(-c3cccnc3)n[nH]2)C1. The summed E-state index contributed by atoms with van der Waals surface area (Å²) in [4.78, 5) is 31.3. The van der Waals surface area contributed by atoms with E-state index in [1.165, 1.54) is 0 Å². The molecule has 1 fully saturated rings. The van der Waals surface area contributed by atoms with Crippen LogP contribution < -0.4 is 5.32 Å². The molecule has 7 heteroatoms. The topological polar surface area (TPSA) is 91.0 Å². The van der Waals surface area contributed by atoms with Gasteiger partial charge < -0.3 is 10.2 Å². The second-order valence-corrected chi connectivity index (χ2v) is 7.20. The lowest BCUT2D eigenvalue weighted by Gasteiger charge is -2.31. The lowest BCUT2D eigenvalue weighted by molar-refractivity contribution is -0.126. The van der Waals surface area contributed by atoms with E-state index in [9.17, 15) is 9.59 Å². The van der Waals surface area contributed by atoms with Crippen LogP contribution in [-0.2, 0) is 11.3 Å². The minimum atomic E-state index is -0.197. The quantitative estimate of drug-likeness (QED) is 0.702. The molecule has 1 aromatic carbocycles. The molecule has 2 amide bonds. The fraction of sp³-hybridized carbons (Fsp3) is 0.273. The Labute approximate surface area is 169 Å². The van der Waals surface area contributed by atoms with Crippen LogP contribution in [-0.4, -0.2) is 45.0 Å². The maximum atomic E-state index is 12.9. The van der Waals surface area contributed by atoms with Crippen LogP contribution in [0.3, 0.4) is 0 Å². The summed E-state index contributed by atoms with van der Waals surface area (Å²) in [5.41, 5.74) is 3.01. The predicted molar refractivity (Wildman–Crippen MR) is 109 cm³/mol. The fourth-order valence-electron chi connectivity index (χ4n) is 3.57. The van der Waals surface area contributed by atoms with Crippen molar-refractivity contribution in [3.05, 3.63) is 72.2 Å². The second kappa shape index (κ2) is 8.68. The summed E-state index contributed by atoms with van der Waals surface area (Å²) < 4.78 is 0. The number of benzene rings is 1. The van der Waals surface area contributed by atoms with Crippen LogP contribution in [0.1, 0.15) is 28.9 Å². The Morgan fingerprint density at radius 3 is 2.83 bits per heavy atom. The molecule has 3 heterocycles. The molecule has 2 N–H and O–H groups in total. The van der Waals surface area contributed by atoms with Crippen molar-refractivity contribution in [2.75, 3.05) is 13.1 Å². The van der Waals surface area contributed by atoms with Gasteiger partial charge in [0.2, 0.25) is 5.91 Å². The number of pyridine rings is 1. The number of hydrogen-bond donors (Lipinski definition) is 2. The lowest BCUT2D eigenvalue weighted by Crippen LogP contribution is -2.45. The van der Waals surface area contributed by atoms with Crippen LogP contribution in [0.15, 0.2) is 60.9 Å². The van der Waals surface area contributed by atoms with Gasteiger partial charge in [-0.25, -0.2) is 0 Å². The van der Waals surface area contributed by atoms with Crippen molar-refractivity contribution < 1.29 is 9.59 Å². The molecule has 1 atom stereocenters. The van der Waals surface area contributed by atoms with Crippen molar-refractivity contribution in [2.45, 2.75) is 19.4 Å². The number of likely N-dealkylation sites (tertiary alicyclic amines) is 1. The molecule has 2 aromatic heterocycles. The zero-order valence-electron chi connectivity index (χ0n) is 16.0. The van der Waals surface area contributed by atoms with Crippen molar-refractivity contribution in [2.24, 2.45) is 5.92 Å². The van der Waals surface area contributed by atoms with E-state index in [4.69, 9.17) is 0 Å². The molecule has 0 spiro atoms. The van der Waals surface area contributed by atoms with Crippen molar-refractivity contribution in [1.29, 1.82) is 0 Å². The van der Waals surface area contributed by atoms with E-state index < -0.39 is 0 Å². The number of H-pyrrole nitrogens is 1. The molecule has 7 nitrogen and oxygen atoms in total. The van der Waals surface area contributed by atoms with Crippen LogP contribution >= 0.6 is 0 Å². The number of piperidine rings is 1. The maximum Gasteiger partial charge on any atom is 0.271 e. The number of nitrogens with zero attached hydrogens (tertiary/aromatic N) is 3. The van der Waals surface area contributed by atoms with Crippen molar-refractivity contribution >= 4 is 11.8 Å².